The summed E-state index contributed by atoms with van der Waals surface area (Å²) < 4.78 is 8.57. The summed E-state index contributed by atoms with van der Waals surface area (Å²) in [7, 11) is 3.33. The van der Waals surface area contributed by atoms with Crippen molar-refractivity contribution in [3.63, 3.8) is 0 Å². The number of halogens is 1. The average Bonchev–Trinajstić information content (AvgIpc) is 3.14. The van der Waals surface area contributed by atoms with Crippen LogP contribution < -0.4 is 15.6 Å². The first kappa shape index (κ1) is 23.8. The van der Waals surface area contributed by atoms with E-state index in [1.165, 1.54) is 23.3 Å². The molecule has 0 unspecified atom stereocenters. The molecule has 0 radical (unpaired) electrons. The Labute approximate surface area is 205 Å². The first-order valence-electron chi connectivity index (χ1n) is 10.4. The number of methoxy groups -OCH3 is 1. The molecule has 0 bridgehead atoms. The fourth-order valence-electron chi connectivity index (χ4n) is 3.47. The van der Waals surface area contributed by atoms with Gasteiger partial charge in [0.25, 0.3) is 5.56 Å². The van der Waals surface area contributed by atoms with Gasteiger partial charge in [0.15, 0.2) is 5.16 Å². The maximum absolute atomic E-state index is 13.0. The van der Waals surface area contributed by atoms with Gasteiger partial charge in [-0.25, -0.2) is 4.98 Å². The summed E-state index contributed by atoms with van der Waals surface area (Å²) in [4.78, 5) is 30.1. The van der Waals surface area contributed by atoms with Crippen LogP contribution >= 0.6 is 23.4 Å². The highest BCUT2D eigenvalue weighted by atomic mass is 35.5. The smallest absolute Gasteiger partial charge is 0.261 e. The van der Waals surface area contributed by atoms with E-state index in [2.05, 4.69) is 20.5 Å². The number of rotatable bonds is 7. The minimum Gasteiger partial charge on any atom is -0.495 e. The molecular weight excluding hydrogens is 476 g/mol. The van der Waals surface area contributed by atoms with E-state index in [-0.39, 0.29) is 23.6 Å². The summed E-state index contributed by atoms with van der Waals surface area (Å²) in [6.45, 7) is 3.78. The lowest BCUT2D eigenvalue weighted by molar-refractivity contribution is -0.113. The van der Waals surface area contributed by atoms with E-state index in [0.717, 1.165) is 5.56 Å². The molecule has 34 heavy (non-hydrogen) atoms. The van der Waals surface area contributed by atoms with Crippen LogP contribution in [0.25, 0.3) is 5.65 Å². The zero-order valence-corrected chi connectivity index (χ0v) is 20.7. The van der Waals surface area contributed by atoms with Crippen molar-refractivity contribution in [2.24, 2.45) is 7.05 Å². The van der Waals surface area contributed by atoms with Gasteiger partial charge < -0.3 is 14.6 Å². The van der Waals surface area contributed by atoms with Crippen LogP contribution in [0.1, 0.15) is 22.6 Å². The molecule has 1 amide bonds. The van der Waals surface area contributed by atoms with E-state index in [9.17, 15) is 9.59 Å². The van der Waals surface area contributed by atoms with Gasteiger partial charge in [0.2, 0.25) is 5.91 Å². The van der Waals surface area contributed by atoms with Crippen molar-refractivity contribution in [1.82, 2.24) is 24.1 Å². The SMILES string of the molecule is COc1ccc(Cl)cc1NC(=O)CSc1nnc(Cc2c(C)nc3cc(C)ccn3c2=O)n1C. The molecule has 0 fully saturated rings. The number of aromatic nitrogens is 5. The van der Waals surface area contributed by atoms with Crippen molar-refractivity contribution < 1.29 is 9.53 Å². The van der Waals surface area contributed by atoms with E-state index in [1.54, 1.807) is 36.0 Å². The van der Waals surface area contributed by atoms with Crippen molar-refractivity contribution in [3.05, 3.63) is 74.6 Å². The number of amides is 1. The van der Waals surface area contributed by atoms with Gasteiger partial charge in [-0.3, -0.25) is 14.0 Å². The van der Waals surface area contributed by atoms with Crippen LogP contribution in [-0.2, 0) is 18.3 Å². The third-order valence-corrected chi connectivity index (χ3v) is 6.57. The molecule has 1 aromatic carbocycles. The Kier molecular flexibility index (Phi) is 6.90. The highest BCUT2D eigenvalue weighted by molar-refractivity contribution is 7.99. The van der Waals surface area contributed by atoms with Crippen LogP contribution in [0.2, 0.25) is 5.02 Å². The molecule has 11 heteroatoms. The molecule has 0 saturated heterocycles. The molecule has 4 aromatic rings. The van der Waals surface area contributed by atoms with Crippen LogP contribution in [0.4, 0.5) is 5.69 Å². The lowest BCUT2D eigenvalue weighted by atomic mass is 10.1. The Hall–Kier alpha value is -3.37. The zero-order valence-electron chi connectivity index (χ0n) is 19.1. The maximum Gasteiger partial charge on any atom is 0.261 e. The summed E-state index contributed by atoms with van der Waals surface area (Å²) in [5, 5.41) is 12.3. The summed E-state index contributed by atoms with van der Waals surface area (Å²) >= 11 is 7.26. The monoisotopic (exact) mass is 498 g/mol. The molecule has 0 aliphatic carbocycles. The largest absolute Gasteiger partial charge is 0.495 e. The van der Waals surface area contributed by atoms with Gasteiger partial charge >= 0.3 is 0 Å². The molecule has 176 valence electrons. The van der Waals surface area contributed by atoms with Gasteiger partial charge in [-0.1, -0.05) is 23.4 Å². The molecule has 1 N–H and O–H groups in total. The fraction of sp³-hybridized carbons (Fsp3) is 0.261. The molecular formula is C23H23ClN6O3S. The highest BCUT2D eigenvalue weighted by Gasteiger charge is 2.17. The van der Waals surface area contributed by atoms with E-state index in [4.69, 9.17) is 16.3 Å². The van der Waals surface area contributed by atoms with Crippen molar-refractivity contribution in [2.75, 3.05) is 18.2 Å². The first-order valence-corrected chi connectivity index (χ1v) is 11.8. The zero-order chi connectivity index (χ0) is 24.4. The van der Waals surface area contributed by atoms with E-state index >= 15 is 0 Å². The summed E-state index contributed by atoms with van der Waals surface area (Å²) in [6.07, 6.45) is 2.01. The average molecular weight is 499 g/mol. The van der Waals surface area contributed by atoms with Gasteiger partial charge in [0, 0.05) is 35.9 Å². The molecule has 0 spiro atoms. The molecule has 4 rings (SSSR count). The summed E-state index contributed by atoms with van der Waals surface area (Å²) in [6, 6.07) is 8.75. The molecule has 3 heterocycles. The number of pyridine rings is 1. The number of hydrogen-bond acceptors (Lipinski definition) is 7. The van der Waals surface area contributed by atoms with Crippen LogP contribution in [0.3, 0.4) is 0 Å². The first-order chi connectivity index (χ1) is 16.3. The Balaban J connectivity index is 1.48. The molecule has 9 nitrogen and oxygen atoms in total. The maximum atomic E-state index is 13.0. The minimum absolute atomic E-state index is 0.111. The Morgan fingerprint density at radius 1 is 1.21 bits per heavy atom. The van der Waals surface area contributed by atoms with E-state index in [0.29, 0.717) is 44.3 Å². The van der Waals surface area contributed by atoms with Crippen molar-refractivity contribution in [1.29, 1.82) is 0 Å². The Morgan fingerprint density at radius 3 is 2.76 bits per heavy atom. The predicted octanol–water partition coefficient (Wildman–Crippen LogP) is 3.42. The number of carbonyl (C=O) groups is 1. The fourth-order valence-corrected chi connectivity index (χ4v) is 4.37. The van der Waals surface area contributed by atoms with Crippen molar-refractivity contribution in [3.8, 4) is 5.75 Å². The number of aryl methyl sites for hydroxylation is 2. The molecule has 0 atom stereocenters. The summed E-state index contributed by atoms with van der Waals surface area (Å²) in [5.74, 6) is 0.997. The number of ether oxygens (including phenoxy) is 1. The summed E-state index contributed by atoms with van der Waals surface area (Å²) in [5.41, 5.74) is 3.22. The number of benzene rings is 1. The second kappa shape index (κ2) is 9.86. The molecule has 0 aliphatic heterocycles. The third kappa shape index (κ3) is 4.92. The number of carbonyl (C=O) groups excluding carboxylic acids is 1. The Bertz CT molecular complexity index is 1450. The predicted molar refractivity (Wildman–Crippen MR) is 132 cm³/mol. The van der Waals surface area contributed by atoms with Gasteiger partial charge in [0.1, 0.15) is 17.2 Å². The van der Waals surface area contributed by atoms with E-state index in [1.807, 2.05) is 26.0 Å². The van der Waals surface area contributed by atoms with Crippen LogP contribution in [-0.4, -0.2) is 42.9 Å². The van der Waals surface area contributed by atoms with Crippen LogP contribution in [0.15, 0.2) is 46.5 Å². The Morgan fingerprint density at radius 2 is 2.00 bits per heavy atom. The van der Waals surface area contributed by atoms with Gasteiger partial charge in [-0.15, -0.1) is 10.2 Å². The normalized spacial score (nSPS) is 11.1. The highest BCUT2D eigenvalue weighted by Crippen LogP contribution is 2.28. The third-order valence-electron chi connectivity index (χ3n) is 5.31. The quantitative estimate of drug-likeness (QED) is 0.389. The lowest BCUT2D eigenvalue weighted by Gasteiger charge is -2.10. The number of thioether (sulfide) groups is 1. The minimum atomic E-state index is -0.238. The number of hydrogen-bond donors (Lipinski definition) is 1. The molecule has 0 aliphatic rings. The standard InChI is InChI=1S/C23H23ClN6O3S/c1-13-7-8-30-19(9-13)25-14(2)16(22(30)32)11-20-27-28-23(29(20)3)34-12-21(31)26-17-10-15(24)5-6-18(17)33-4/h5-10H,11-12H2,1-4H3,(H,26,31). The number of nitrogens with zero attached hydrogens (tertiary/aromatic N) is 5. The van der Waals surface area contributed by atoms with Gasteiger partial charge in [-0.2, -0.15) is 0 Å². The molecule has 0 saturated carbocycles. The molecule has 3 aromatic heterocycles. The van der Waals surface area contributed by atoms with Gasteiger partial charge in [-0.05, 0) is 49.7 Å². The van der Waals surface area contributed by atoms with Crippen LogP contribution in [0, 0.1) is 13.8 Å². The second-order valence-corrected chi connectivity index (χ2v) is 9.11. The lowest BCUT2D eigenvalue weighted by Crippen LogP contribution is -2.22. The van der Waals surface area contributed by atoms with E-state index < -0.39 is 0 Å². The number of anilines is 1. The van der Waals surface area contributed by atoms with Crippen molar-refractivity contribution >= 4 is 40.6 Å². The van der Waals surface area contributed by atoms with Crippen LogP contribution in [0.5, 0.6) is 5.75 Å². The topological polar surface area (TPSA) is 103 Å². The number of nitrogens with one attached hydrogen (secondary N) is 1. The second-order valence-electron chi connectivity index (χ2n) is 7.73. The van der Waals surface area contributed by atoms with Crippen molar-refractivity contribution in [2.45, 2.75) is 25.4 Å². The number of fused-ring (bicyclic) bond motifs is 1. The van der Waals surface area contributed by atoms with Gasteiger partial charge in [0.05, 0.1) is 18.6 Å².